The van der Waals surface area contributed by atoms with Gasteiger partial charge in [-0.05, 0) is 62.7 Å². The first-order valence-electron chi connectivity index (χ1n) is 12.9. The number of carbonyl (C=O) groups excluding carboxylic acids is 3. The van der Waals surface area contributed by atoms with Gasteiger partial charge in [-0.15, -0.1) is 0 Å². The molecular weight excluding hydrogens is 580 g/mol. The highest BCUT2D eigenvalue weighted by atomic mass is 32.1. The number of amides is 1. The van der Waals surface area contributed by atoms with E-state index in [1.165, 1.54) is 26.2 Å². The third kappa shape index (κ3) is 6.78. The van der Waals surface area contributed by atoms with E-state index in [0.717, 1.165) is 23.8 Å². The Morgan fingerprint density at radius 1 is 0.977 bits per heavy atom. The average Bonchev–Trinajstić information content (AvgIpc) is 3.48. The Balaban J connectivity index is 0.00000119. The monoisotopic (exact) mass is 612 g/mol. The zero-order valence-electron chi connectivity index (χ0n) is 24.7. The molecular formula is C30H32N2O10S. The number of carboxylic acids is 1. The summed E-state index contributed by atoms with van der Waals surface area (Å²) in [6, 6.07) is 8.72. The normalized spacial score (nSPS) is 15.4. The maximum Gasteiger partial charge on any atom is 0.350 e. The van der Waals surface area contributed by atoms with Crippen molar-refractivity contribution < 1.29 is 48.3 Å². The Bertz CT molecular complexity index is 1590. The van der Waals surface area contributed by atoms with Crippen LogP contribution in [0, 0.1) is 13.8 Å². The van der Waals surface area contributed by atoms with Gasteiger partial charge in [0.15, 0.2) is 5.13 Å². The minimum absolute atomic E-state index is 0.0949. The van der Waals surface area contributed by atoms with E-state index in [1.807, 2.05) is 0 Å². The number of hydrogen-bond donors (Lipinski definition) is 2. The average molecular weight is 613 g/mol. The van der Waals surface area contributed by atoms with Crippen LogP contribution in [0.15, 0.2) is 42.0 Å². The van der Waals surface area contributed by atoms with Gasteiger partial charge in [-0.1, -0.05) is 11.3 Å². The first-order chi connectivity index (χ1) is 20.4. The van der Waals surface area contributed by atoms with Crippen LogP contribution in [0.25, 0.3) is 5.76 Å². The Labute approximate surface area is 252 Å². The molecule has 1 unspecified atom stereocenters. The molecule has 1 fully saturated rings. The molecule has 0 radical (unpaired) electrons. The summed E-state index contributed by atoms with van der Waals surface area (Å²) in [6.45, 7) is 6.35. The van der Waals surface area contributed by atoms with Gasteiger partial charge >= 0.3 is 11.9 Å². The number of aliphatic hydroxyl groups excluding tert-OH is 1. The van der Waals surface area contributed by atoms with Gasteiger partial charge in [0.1, 0.15) is 33.9 Å². The van der Waals surface area contributed by atoms with Crippen molar-refractivity contribution in [2.45, 2.75) is 33.7 Å². The Kier molecular flexibility index (Phi) is 10.5. The first kappa shape index (κ1) is 32.6. The fraction of sp³-hybridized carbons (Fsp3) is 0.300. The Morgan fingerprint density at radius 2 is 1.60 bits per heavy atom. The van der Waals surface area contributed by atoms with Crippen LogP contribution in [0.5, 0.6) is 17.2 Å². The van der Waals surface area contributed by atoms with E-state index in [2.05, 4.69) is 4.98 Å². The summed E-state index contributed by atoms with van der Waals surface area (Å²) in [5.74, 6) is -2.23. The molecule has 228 valence electrons. The summed E-state index contributed by atoms with van der Waals surface area (Å²) in [5.41, 5.74) is 1.61. The predicted octanol–water partition coefficient (Wildman–Crippen LogP) is 4.68. The van der Waals surface area contributed by atoms with E-state index in [1.54, 1.807) is 57.2 Å². The molecule has 2 heterocycles. The molecule has 1 aliphatic rings. The van der Waals surface area contributed by atoms with Crippen LogP contribution in [-0.2, 0) is 19.1 Å². The molecule has 0 spiro atoms. The highest BCUT2D eigenvalue weighted by Crippen LogP contribution is 2.47. The number of rotatable bonds is 8. The number of methoxy groups -OCH3 is 3. The van der Waals surface area contributed by atoms with Gasteiger partial charge in [0.05, 0.1) is 39.2 Å². The quantitative estimate of drug-likeness (QED) is 0.157. The number of aromatic nitrogens is 1. The van der Waals surface area contributed by atoms with Crippen molar-refractivity contribution in [2.24, 2.45) is 0 Å². The molecule has 12 nitrogen and oxygen atoms in total. The number of Topliss-reactive ketones (excluding diaryl/α,β-unsaturated/α-hetero) is 1. The van der Waals surface area contributed by atoms with E-state index in [9.17, 15) is 19.5 Å². The fourth-order valence-electron chi connectivity index (χ4n) is 4.43. The van der Waals surface area contributed by atoms with E-state index in [-0.39, 0.29) is 27.9 Å². The summed E-state index contributed by atoms with van der Waals surface area (Å²) in [7, 11) is 4.47. The van der Waals surface area contributed by atoms with Crippen LogP contribution in [-0.4, -0.2) is 66.8 Å². The third-order valence-electron chi connectivity index (χ3n) is 6.30. The second-order valence-electron chi connectivity index (χ2n) is 9.11. The summed E-state index contributed by atoms with van der Waals surface area (Å²) in [4.78, 5) is 54.4. The van der Waals surface area contributed by atoms with Gasteiger partial charge in [-0.25, -0.2) is 9.78 Å². The SMILES string of the molecule is CC(=O)O.CCOC(=O)c1sc(N2C(=O)C(=O)/C(=C(/O)c3ccc(OC)c(C)c3)C2c2cc(OC)ccc2OC)nc1C. The molecule has 2 N–H and O–H groups in total. The largest absolute Gasteiger partial charge is 0.507 e. The number of ether oxygens (including phenoxy) is 4. The standard InChI is InChI=1S/C28H28N2O8S.C2H4O2/c1-7-38-27(34)25-15(3)29-28(39-25)30-22(18-13-17(35-4)9-11-20(18)37-6)21(24(32)26(30)33)23(31)16-8-10-19(36-5)14(2)12-16;1-2(3)4/h8-13,22,31H,7H2,1-6H3;1H3,(H,3,4)/b23-21+;. The van der Waals surface area contributed by atoms with Crippen LogP contribution in [0.3, 0.4) is 0 Å². The number of hydrogen-bond acceptors (Lipinski definition) is 11. The highest BCUT2D eigenvalue weighted by Gasteiger charge is 2.49. The van der Waals surface area contributed by atoms with Gasteiger partial charge in [-0.3, -0.25) is 19.3 Å². The maximum atomic E-state index is 13.6. The molecule has 0 aliphatic carbocycles. The molecule has 3 aromatic rings. The van der Waals surface area contributed by atoms with E-state index >= 15 is 0 Å². The summed E-state index contributed by atoms with van der Waals surface area (Å²) in [6.07, 6.45) is 0. The second-order valence-corrected chi connectivity index (χ2v) is 10.1. The summed E-state index contributed by atoms with van der Waals surface area (Å²) < 4.78 is 21.4. The number of anilines is 1. The first-order valence-corrected chi connectivity index (χ1v) is 13.7. The number of thiazole rings is 1. The number of aryl methyl sites for hydroxylation is 2. The van der Waals surface area contributed by atoms with Crippen LogP contribution < -0.4 is 19.1 Å². The lowest BCUT2D eigenvalue weighted by atomic mass is 9.94. The lowest BCUT2D eigenvalue weighted by molar-refractivity contribution is -0.134. The van der Waals surface area contributed by atoms with Gasteiger partial charge in [0, 0.05) is 18.1 Å². The maximum absolute atomic E-state index is 13.6. The molecule has 0 saturated carbocycles. The van der Waals surface area contributed by atoms with Crippen LogP contribution in [0.1, 0.15) is 51.9 Å². The van der Waals surface area contributed by atoms with Gasteiger partial charge in [0.25, 0.3) is 11.8 Å². The van der Waals surface area contributed by atoms with Crippen molar-refractivity contribution in [2.75, 3.05) is 32.8 Å². The number of carbonyl (C=O) groups is 4. The number of ketones is 1. The van der Waals surface area contributed by atoms with Gasteiger partial charge in [0.2, 0.25) is 0 Å². The fourth-order valence-corrected chi connectivity index (χ4v) is 5.42. The molecule has 43 heavy (non-hydrogen) atoms. The van der Waals surface area contributed by atoms with Gasteiger partial charge < -0.3 is 29.2 Å². The number of carboxylic acid groups (broad SMARTS) is 1. The van der Waals surface area contributed by atoms with Crippen molar-refractivity contribution in [3.05, 3.63) is 69.2 Å². The predicted molar refractivity (Wildman–Crippen MR) is 158 cm³/mol. The van der Waals surface area contributed by atoms with Crippen molar-refractivity contribution in [1.29, 1.82) is 0 Å². The zero-order valence-corrected chi connectivity index (χ0v) is 25.5. The minimum Gasteiger partial charge on any atom is -0.507 e. The third-order valence-corrected chi connectivity index (χ3v) is 7.43. The molecule has 1 amide bonds. The van der Waals surface area contributed by atoms with E-state index in [4.69, 9.17) is 28.8 Å². The topological polar surface area (TPSA) is 162 Å². The van der Waals surface area contributed by atoms with Crippen molar-refractivity contribution in [1.82, 2.24) is 4.98 Å². The van der Waals surface area contributed by atoms with Crippen LogP contribution >= 0.6 is 11.3 Å². The number of aliphatic carboxylic acids is 1. The van der Waals surface area contributed by atoms with Crippen LogP contribution in [0.2, 0.25) is 0 Å². The number of esters is 1. The number of nitrogens with zero attached hydrogens (tertiary/aromatic N) is 2. The molecule has 1 aliphatic heterocycles. The highest BCUT2D eigenvalue weighted by molar-refractivity contribution is 7.17. The van der Waals surface area contributed by atoms with E-state index < -0.39 is 29.7 Å². The molecule has 1 atom stereocenters. The molecule has 1 saturated heterocycles. The van der Waals surface area contributed by atoms with Crippen molar-refractivity contribution in [3.8, 4) is 17.2 Å². The molecule has 0 bridgehead atoms. The number of benzene rings is 2. The Morgan fingerprint density at radius 3 is 2.16 bits per heavy atom. The van der Waals surface area contributed by atoms with E-state index in [0.29, 0.717) is 34.1 Å². The Hall–Kier alpha value is -4.91. The summed E-state index contributed by atoms with van der Waals surface area (Å²) >= 11 is 0.924. The molecule has 13 heteroatoms. The van der Waals surface area contributed by atoms with Gasteiger partial charge in [-0.2, -0.15) is 0 Å². The smallest absolute Gasteiger partial charge is 0.350 e. The molecule has 4 rings (SSSR count). The second kappa shape index (κ2) is 13.8. The van der Waals surface area contributed by atoms with Crippen molar-refractivity contribution in [3.63, 3.8) is 0 Å². The molecule has 1 aromatic heterocycles. The van der Waals surface area contributed by atoms with Crippen molar-refractivity contribution >= 4 is 45.9 Å². The summed E-state index contributed by atoms with van der Waals surface area (Å²) in [5, 5.41) is 19.0. The lowest BCUT2D eigenvalue weighted by Gasteiger charge is -2.25. The minimum atomic E-state index is -1.14. The lowest BCUT2D eigenvalue weighted by Crippen LogP contribution is -2.29. The number of aliphatic hydroxyl groups is 1. The zero-order chi connectivity index (χ0) is 32.0. The molecule has 2 aromatic carbocycles. The van der Waals surface area contributed by atoms with Crippen LogP contribution in [0.4, 0.5) is 5.13 Å².